The number of carbonyl (C=O) groups excluding carboxylic acids is 2. The van der Waals surface area contributed by atoms with Gasteiger partial charge in [0.2, 0.25) is 0 Å². The number of hydrogen-bond acceptors (Lipinski definition) is 5. The second-order valence-electron chi connectivity index (χ2n) is 4.15. The van der Waals surface area contributed by atoms with E-state index in [1.807, 2.05) is 5.32 Å². The molecule has 0 aromatic heterocycles. The molecular weight excluding hydrogens is 368 g/mol. The molecule has 1 aromatic carbocycles. The summed E-state index contributed by atoms with van der Waals surface area (Å²) in [5.41, 5.74) is -0.366. The lowest BCUT2D eigenvalue weighted by Crippen LogP contribution is -2.19. The van der Waals surface area contributed by atoms with Crippen molar-refractivity contribution in [2.24, 2.45) is 0 Å². The second-order valence-corrected chi connectivity index (χ2v) is 5.16. The highest BCUT2D eigenvalue weighted by atomic mass is 32.2. The maximum atomic E-state index is 12.4. The molecule has 0 unspecified atom stereocenters. The van der Waals surface area contributed by atoms with E-state index in [4.69, 9.17) is 0 Å². The third-order valence-corrected chi connectivity index (χ3v) is 3.18. The molecule has 5 nitrogen and oxygen atoms in total. The van der Waals surface area contributed by atoms with Gasteiger partial charge in [0, 0.05) is 11.6 Å². The summed E-state index contributed by atoms with van der Waals surface area (Å²) in [5.74, 6) is -2.81. The number of carbonyl (C=O) groups is 2. The fourth-order valence-corrected chi connectivity index (χ4v) is 2.28. The molecule has 0 bridgehead atoms. The molecule has 12 heteroatoms. The minimum absolute atomic E-state index is 0.239. The normalized spacial score (nSPS) is 17.2. The van der Waals surface area contributed by atoms with E-state index in [0.717, 1.165) is 18.2 Å². The van der Waals surface area contributed by atoms with Crippen molar-refractivity contribution >= 4 is 29.0 Å². The third-order valence-electron chi connectivity index (χ3n) is 2.37. The van der Waals surface area contributed by atoms with E-state index in [9.17, 15) is 35.9 Å². The molecule has 2 amide bonds. The highest BCUT2D eigenvalue weighted by molar-refractivity contribution is 8.18. The number of imide groups is 1. The van der Waals surface area contributed by atoms with Crippen LogP contribution in [0.3, 0.4) is 0 Å². The molecule has 1 aliphatic heterocycles. The molecule has 1 heterocycles. The molecule has 130 valence electrons. The van der Waals surface area contributed by atoms with Crippen molar-refractivity contribution in [3.05, 3.63) is 28.7 Å². The fraction of sp³-hybridized carbons (Fsp3) is 0.167. The number of halogens is 6. The van der Waals surface area contributed by atoms with Gasteiger partial charge in [-0.15, -0.1) is 26.3 Å². The zero-order chi connectivity index (χ0) is 18.1. The monoisotopic (exact) mass is 373 g/mol. The third kappa shape index (κ3) is 5.08. The summed E-state index contributed by atoms with van der Waals surface area (Å²) in [6, 6.07) is 1.93. The first-order chi connectivity index (χ1) is 10.9. The SMILES string of the molecule is O=C1NC(=O)/C(=C\c2ccc(OC(F)(F)F)cc2OC(F)(F)F)S1. The standard InChI is InChI=1S/C12H5F6NO4S/c13-11(14,15)22-6-2-1-5(7(4-6)23-12(16,17)18)3-8-9(20)19-10(21)24-8/h1-4H,(H,19,20,21)/b8-3+. The summed E-state index contributed by atoms with van der Waals surface area (Å²) < 4.78 is 80.8. The smallest absolute Gasteiger partial charge is 0.406 e. The highest BCUT2D eigenvalue weighted by Gasteiger charge is 2.34. The van der Waals surface area contributed by atoms with Crippen molar-refractivity contribution in [2.45, 2.75) is 12.7 Å². The molecule has 1 fully saturated rings. The molecule has 1 saturated heterocycles. The maximum Gasteiger partial charge on any atom is 0.573 e. The predicted octanol–water partition coefficient (Wildman–Crippen LogP) is 3.81. The van der Waals surface area contributed by atoms with Crippen LogP contribution < -0.4 is 14.8 Å². The Morgan fingerprint density at radius 1 is 1.00 bits per heavy atom. The van der Waals surface area contributed by atoms with Crippen molar-refractivity contribution < 1.29 is 45.4 Å². The fourth-order valence-electron chi connectivity index (χ4n) is 1.61. The van der Waals surface area contributed by atoms with Crippen LogP contribution >= 0.6 is 11.8 Å². The molecule has 0 aliphatic carbocycles. The van der Waals surface area contributed by atoms with Crippen LogP contribution in [0.2, 0.25) is 0 Å². The zero-order valence-electron chi connectivity index (χ0n) is 11.1. The van der Waals surface area contributed by atoms with Gasteiger partial charge in [-0.25, -0.2) is 0 Å². The van der Waals surface area contributed by atoms with Crippen LogP contribution in [0.5, 0.6) is 11.5 Å². The van der Waals surface area contributed by atoms with Gasteiger partial charge in [-0.3, -0.25) is 14.9 Å². The van der Waals surface area contributed by atoms with E-state index in [1.165, 1.54) is 0 Å². The molecule has 0 spiro atoms. The summed E-state index contributed by atoms with van der Waals surface area (Å²) in [4.78, 5) is 22.2. The van der Waals surface area contributed by atoms with Crippen molar-refractivity contribution in [3.8, 4) is 11.5 Å². The Morgan fingerprint density at radius 3 is 2.12 bits per heavy atom. The van der Waals surface area contributed by atoms with Crippen LogP contribution in [0.4, 0.5) is 31.1 Å². The number of thioether (sulfide) groups is 1. The predicted molar refractivity (Wildman–Crippen MR) is 68.9 cm³/mol. The molecule has 1 aliphatic rings. The lowest BCUT2D eigenvalue weighted by atomic mass is 10.1. The average Bonchev–Trinajstić information content (AvgIpc) is 2.67. The summed E-state index contributed by atoms with van der Waals surface area (Å²) in [6.45, 7) is 0. The van der Waals surface area contributed by atoms with E-state index < -0.39 is 35.4 Å². The van der Waals surface area contributed by atoms with Gasteiger partial charge >= 0.3 is 12.7 Å². The van der Waals surface area contributed by atoms with Crippen LogP contribution in [0.25, 0.3) is 6.08 Å². The van der Waals surface area contributed by atoms with Gasteiger partial charge in [0.05, 0.1) is 4.91 Å². The number of nitrogens with one attached hydrogen (secondary N) is 1. The van der Waals surface area contributed by atoms with Gasteiger partial charge < -0.3 is 9.47 Å². The second kappa shape index (κ2) is 6.26. The minimum atomic E-state index is -5.19. The molecular formula is C12H5F6NO4S. The highest BCUT2D eigenvalue weighted by Crippen LogP contribution is 2.35. The van der Waals surface area contributed by atoms with E-state index in [2.05, 4.69) is 9.47 Å². The van der Waals surface area contributed by atoms with Crippen LogP contribution in [-0.4, -0.2) is 23.9 Å². The van der Waals surface area contributed by atoms with Gasteiger partial charge in [-0.05, 0) is 30.0 Å². The van der Waals surface area contributed by atoms with Crippen molar-refractivity contribution in [3.63, 3.8) is 0 Å². The van der Waals surface area contributed by atoms with Crippen LogP contribution in [0.15, 0.2) is 23.1 Å². The van der Waals surface area contributed by atoms with E-state index in [1.54, 1.807) is 0 Å². The number of amides is 2. The molecule has 1 aromatic rings. The van der Waals surface area contributed by atoms with E-state index >= 15 is 0 Å². The van der Waals surface area contributed by atoms with Gasteiger partial charge in [-0.1, -0.05) is 0 Å². The molecule has 0 atom stereocenters. The Kier molecular flexibility index (Phi) is 4.69. The van der Waals surface area contributed by atoms with Gasteiger partial charge in [-0.2, -0.15) is 0 Å². The molecule has 2 rings (SSSR count). The average molecular weight is 373 g/mol. The largest absolute Gasteiger partial charge is 0.573 e. The van der Waals surface area contributed by atoms with Crippen LogP contribution in [-0.2, 0) is 4.79 Å². The Balaban J connectivity index is 2.41. The summed E-state index contributed by atoms with van der Waals surface area (Å²) in [7, 11) is 0. The van der Waals surface area contributed by atoms with E-state index in [0.29, 0.717) is 17.8 Å². The quantitative estimate of drug-likeness (QED) is 0.645. The summed E-state index contributed by atoms with van der Waals surface area (Å²) in [5, 5.41) is 1.14. The topological polar surface area (TPSA) is 64.6 Å². The van der Waals surface area contributed by atoms with Gasteiger partial charge in [0.15, 0.2) is 0 Å². The van der Waals surface area contributed by atoms with Gasteiger partial charge in [0.1, 0.15) is 11.5 Å². The lowest BCUT2D eigenvalue weighted by Gasteiger charge is -2.14. The molecule has 0 radical (unpaired) electrons. The Labute approximate surface area is 133 Å². The number of hydrogen-bond donors (Lipinski definition) is 1. The van der Waals surface area contributed by atoms with Crippen LogP contribution in [0.1, 0.15) is 5.56 Å². The van der Waals surface area contributed by atoms with Crippen molar-refractivity contribution in [1.82, 2.24) is 5.32 Å². The first-order valence-corrected chi connectivity index (χ1v) is 6.65. The number of benzene rings is 1. The number of rotatable bonds is 3. The first-order valence-electron chi connectivity index (χ1n) is 5.83. The van der Waals surface area contributed by atoms with Crippen molar-refractivity contribution in [2.75, 3.05) is 0 Å². The maximum absolute atomic E-state index is 12.4. The zero-order valence-corrected chi connectivity index (χ0v) is 11.9. The molecule has 24 heavy (non-hydrogen) atoms. The Morgan fingerprint density at radius 2 is 1.62 bits per heavy atom. The number of ether oxygens (including phenoxy) is 2. The van der Waals surface area contributed by atoms with Crippen molar-refractivity contribution in [1.29, 1.82) is 0 Å². The Bertz CT molecular complexity index is 712. The molecule has 1 N–H and O–H groups in total. The van der Waals surface area contributed by atoms with Gasteiger partial charge in [0.25, 0.3) is 11.1 Å². The number of alkyl halides is 6. The molecule has 0 saturated carbocycles. The summed E-state index contributed by atoms with van der Waals surface area (Å²) >= 11 is 0.423. The van der Waals surface area contributed by atoms with E-state index in [-0.39, 0.29) is 10.5 Å². The minimum Gasteiger partial charge on any atom is -0.406 e. The van der Waals surface area contributed by atoms with Crippen LogP contribution in [0, 0.1) is 0 Å². The Hall–Kier alpha value is -2.37. The first kappa shape index (κ1) is 18.0. The lowest BCUT2D eigenvalue weighted by molar-refractivity contribution is -0.276. The summed E-state index contributed by atoms with van der Waals surface area (Å²) in [6.07, 6.45) is -9.42.